The fraction of sp³-hybridized carbons (Fsp3) is 0.143. The van der Waals surface area contributed by atoms with Crippen LogP contribution in [0.1, 0.15) is 11.1 Å². The van der Waals surface area contributed by atoms with Gasteiger partial charge in [0.15, 0.2) is 11.6 Å². The Labute approximate surface area is 105 Å². The third-order valence-corrected chi connectivity index (χ3v) is 2.73. The number of phenols is 1. The lowest BCUT2D eigenvalue weighted by molar-refractivity contribution is 0.282. The lowest BCUT2D eigenvalue weighted by atomic mass is 10.1. The highest BCUT2D eigenvalue weighted by atomic mass is 19.1. The fourth-order valence-corrected chi connectivity index (χ4v) is 1.72. The Hall–Kier alpha value is -2.07. The van der Waals surface area contributed by atoms with Crippen LogP contribution < -0.4 is 5.32 Å². The molecule has 0 aliphatic heterocycles. The summed E-state index contributed by atoms with van der Waals surface area (Å²) >= 11 is 0. The molecule has 2 aromatic rings. The fourth-order valence-electron chi connectivity index (χ4n) is 1.72. The lowest BCUT2D eigenvalue weighted by Gasteiger charge is -2.11. The summed E-state index contributed by atoms with van der Waals surface area (Å²) in [4.78, 5) is 0. The summed E-state index contributed by atoms with van der Waals surface area (Å²) < 4.78 is 13.1. The monoisotopic (exact) mass is 247 g/mol. The van der Waals surface area contributed by atoms with Gasteiger partial charge in [-0.05, 0) is 12.1 Å². The van der Waals surface area contributed by atoms with E-state index in [2.05, 4.69) is 5.32 Å². The summed E-state index contributed by atoms with van der Waals surface area (Å²) in [6, 6.07) is 11.7. The number of benzene rings is 2. The van der Waals surface area contributed by atoms with Gasteiger partial charge in [0.05, 0.1) is 6.61 Å². The van der Waals surface area contributed by atoms with Gasteiger partial charge in [0.25, 0.3) is 0 Å². The Balaban J connectivity index is 2.14. The van der Waals surface area contributed by atoms with Crippen LogP contribution in [0.2, 0.25) is 0 Å². The highest BCUT2D eigenvalue weighted by Gasteiger charge is 2.07. The molecule has 0 spiro atoms. The standard InChI is InChI=1S/C14H14FNO2/c15-12-6-3-5-10(14(12)18)8-16-13-7-2-1-4-11(13)9-17/h1-7,16-18H,8-9H2. The first-order valence-corrected chi connectivity index (χ1v) is 5.61. The predicted molar refractivity (Wildman–Crippen MR) is 67.8 cm³/mol. The van der Waals surface area contributed by atoms with Crippen LogP contribution in [0.15, 0.2) is 42.5 Å². The van der Waals surface area contributed by atoms with E-state index < -0.39 is 5.82 Å². The van der Waals surface area contributed by atoms with Crippen LogP contribution in [0.4, 0.5) is 10.1 Å². The van der Waals surface area contributed by atoms with E-state index in [1.807, 2.05) is 18.2 Å². The van der Waals surface area contributed by atoms with Crippen molar-refractivity contribution in [1.29, 1.82) is 0 Å². The van der Waals surface area contributed by atoms with Crippen LogP contribution >= 0.6 is 0 Å². The molecule has 0 saturated carbocycles. The topological polar surface area (TPSA) is 52.5 Å². The van der Waals surface area contributed by atoms with Crippen LogP contribution in [0.25, 0.3) is 0 Å². The third-order valence-electron chi connectivity index (χ3n) is 2.73. The molecular formula is C14H14FNO2. The number of aromatic hydroxyl groups is 1. The molecule has 4 heteroatoms. The van der Waals surface area contributed by atoms with Crippen molar-refractivity contribution in [3.8, 4) is 5.75 Å². The number of rotatable bonds is 4. The van der Waals surface area contributed by atoms with Gasteiger partial charge < -0.3 is 15.5 Å². The molecule has 0 atom stereocenters. The third kappa shape index (κ3) is 2.60. The lowest BCUT2D eigenvalue weighted by Crippen LogP contribution is -2.03. The molecule has 0 aliphatic carbocycles. The minimum absolute atomic E-state index is 0.0711. The van der Waals surface area contributed by atoms with Gasteiger partial charge in [-0.3, -0.25) is 0 Å². The van der Waals surface area contributed by atoms with E-state index in [9.17, 15) is 9.50 Å². The Morgan fingerprint density at radius 3 is 2.50 bits per heavy atom. The number of halogens is 1. The van der Waals surface area contributed by atoms with E-state index in [4.69, 9.17) is 5.11 Å². The smallest absolute Gasteiger partial charge is 0.165 e. The number of nitrogens with one attached hydrogen (secondary N) is 1. The van der Waals surface area contributed by atoms with E-state index in [1.165, 1.54) is 6.07 Å². The quantitative estimate of drug-likeness (QED) is 0.778. The van der Waals surface area contributed by atoms with Crippen molar-refractivity contribution in [2.75, 3.05) is 5.32 Å². The zero-order valence-electron chi connectivity index (χ0n) is 9.73. The van der Waals surface area contributed by atoms with Gasteiger partial charge in [-0.2, -0.15) is 0 Å². The van der Waals surface area contributed by atoms with E-state index in [1.54, 1.807) is 18.2 Å². The molecular weight excluding hydrogens is 233 g/mol. The average molecular weight is 247 g/mol. The Morgan fingerprint density at radius 1 is 1.00 bits per heavy atom. The molecule has 3 nitrogen and oxygen atoms in total. The molecule has 0 fully saturated rings. The maximum Gasteiger partial charge on any atom is 0.165 e. The molecule has 0 heterocycles. The average Bonchev–Trinajstić information content (AvgIpc) is 2.41. The largest absolute Gasteiger partial charge is 0.505 e. The number of aliphatic hydroxyl groups is 1. The summed E-state index contributed by atoms with van der Waals surface area (Å²) in [5.74, 6) is -0.976. The summed E-state index contributed by atoms with van der Waals surface area (Å²) in [7, 11) is 0. The first-order chi connectivity index (χ1) is 8.72. The second kappa shape index (κ2) is 5.51. The molecule has 18 heavy (non-hydrogen) atoms. The zero-order valence-corrected chi connectivity index (χ0v) is 9.73. The SMILES string of the molecule is OCc1ccccc1NCc1cccc(F)c1O. The maximum atomic E-state index is 13.1. The van der Waals surface area contributed by atoms with Gasteiger partial charge in [-0.25, -0.2) is 4.39 Å². The Kier molecular flexibility index (Phi) is 3.79. The zero-order chi connectivity index (χ0) is 13.0. The minimum Gasteiger partial charge on any atom is -0.505 e. The van der Waals surface area contributed by atoms with Crippen LogP contribution in [0, 0.1) is 5.82 Å². The Bertz CT molecular complexity index is 543. The summed E-state index contributed by atoms with van der Waals surface area (Å²) in [6.45, 7) is 0.221. The van der Waals surface area contributed by atoms with Gasteiger partial charge in [0, 0.05) is 23.4 Å². The van der Waals surface area contributed by atoms with E-state index >= 15 is 0 Å². The number of anilines is 1. The minimum atomic E-state index is -0.634. The molecule has 2 rings (SSSR count). The number of phenolic OH excluding ortho intramolecular Hbond substituents is 1. The van der Waals surface area contributed by atoms with Crippen LogP contribution in [0.5, 0.6) is 5.75 Å². The summed E-state index contributed by atoms with van der Waals surface area (Å²) in [6.07, 6.45) is 0. The summed E-state index contributed by atoms with van der Waals surface area (Å²) in [5.41, 5.74) is 2.00. The van der Waals surface area contributed by atoms with Crippen molar-refractivity contribution in [3.63, 3.8) is 0 Å². The van der Waals surface area contributed by atoms with Gasteiger partial charge in [-0.15, -0.1) is 0 Å². The maximum absolute atomic E-state index is 13.1. The molecule has 94 valence electrons. The van der Waals surface area contributed by atoms with Crippen LogP contribution in [0.3, 0.4) is 0 Å². The number of hydrogen-bond acceptors (Lipinski definition) is 3. The van der Waals surface area contributed by atoms with E-state index in [0.29, 0.717) is 12.1 Å². The van der Waals surface area contributed by atoms with Crippen molar-refractivity contribution < 1.29 is 14.6 Å². The second-order valence-corrected chi connectivity index (χ2v) is 3.92. The first kappa shape index (κ1) is 12.4. The molecule has 0 aromatic heterocycles. The highest BCUT2D eigenvalue weighted by molar-refractivity contribution is 5.51. The van der Waals surface area contributed by atoms with Crippen molar-refractivity contribution >= 4 is 5.69 Å². The molecule has 0 amide bonds. The van der Waals surface area contributed by atoms with Crippen molar-refractivity contribution in [2.45, 2.75) is 13.2 Å². The molecule has 0 radical (unpaired) electrons. The molecule has 0 bridgehead atoms. The molecule has 3 N–H and O–H groups in total. The predicted octanol–water partition coefficient (Wildman–Crippen LogP) is 2.64. The molecule has 0 unspecified atom stereocenters. The Morgan fingerprint density at radius 2 is 1.72 bits per heavy atom. The number of aliphatic hydroxyl groups excluding tert-OH is 1. The van der Waals surface area contributed by atoms with Crippen LogP contribution in [-0.4, -0.2) is 10.2 Å². The van der Waals surface area contributed by atoms with Crippen molar-refractivity contribution in [1.82, 2.24) is 0 Å². The second-order valence-electron chi connectivity index (χ2n) is 3.92. The molecule has 2 aromatic carbocycles. The normalized spacial score (nSPS) is 10.3. The van der Waals surface area contributed by atoms with Gasteiger partial charge in [-0.1, -0.05) is 30.3 Å². The van der Waals surface area contributed by atoms with Crippen LogP contribution in [-0.2, 0) is 13.2 Å². The number of para-hydroxylation sites is 2. The van der Waals surface area contributed by atoms with Crippen molar-refractivity contribution in [3.05, 3.63) is 59.4 Å². The highest BCUT2D eigenvalue weighted by Crippen LogP contribution is 2.22. The summed E-state index contributed by atoms with van der Waals surface area (Å²) in [5, 5.41) is 21.8. The molecule has 0 saturated heterocycles. The number of hydrogen-bond donors (Lipinski definition) is 3. The van der Waals surface area contributed by atoms with Crippen molar-refractivity contribution in [2.24, 2.45) is 0 Å². The van der Waals surface area contributed by atoms with E-state index in [-0.39, 0.29) is 12.4 Å². The molecule has 0 aliphatic rings. The first-order valence-electron chi connectivity index (χ1n) is 5.61. The van der Waals surface area contributed by atoms with E-state index in [0.717, 1.165) is 11.3 Å². The van der Waals surface area contributed by atoms with Gasteiger partial charge >= 0.3 is 0 Å². The van der Waals surface area contributed by atoms with Gasteiger partial charge in [0.1, 0.15) is 0 Å². The van der Waals surface area contributed by atoms with Gasteiger partial charge in [0.2, 0.25) is 0 Å².